The van der Waals surface area contributed by atoms with Crippen molar-refractivity contribution in [1.82, 2.24) is 15.0 Å². The fraction of sp³-hybridized carbons (Fsp3) is 0.250. The summed E-state index contributed by atoms with van der Waals surface area (Å²) in [5.41, 5.74) is 4.41. The molecule has 2 aromatic heterocycles. The minimum atomic E-state index is -2.54. The number of thiazole rings is 1. The minimum absolute atomic E-state index is 0.586. The molecule has 0 fully saturated rings. The Kier molecular flexibility index (Phi) is 5.04. The fourth-order valence-electron chi connectivity index (χ4n) is 3.29. The number of ether oxygens (including phenoxy) is 1. The number of nitrogens with zero attached hydrogens (tertiary/aromatic N) is 3. The van der Waals surface area contributed by atoms with Gasteiger partial charge in [0.2, 0.25) is 0 Å². The van der Waals surface area contributed by atoms with Crippen LogP contribution in [0.2, 0.25) is 0 Å². The molecule has 4 aromatic rings. The molecule has 4 rings (SSSR count). The summed E-state index contributed by atoms with van der Waals surface area (Å²) in [6.07, 6.45) is 2.69. The Morgan fingerprint density at radius 2 is 1.89 bits per heavy atom. The first-order chi connectivity index (χ1) is 13.6. The van der Waals surface area contributed by atoms with Crippen LogP contribution < -0.4 is 15.4 Å². The van der Waals surface area contributed by atoms with Crippen LogP contribution in [0, 0.1) is 0 Å². The summed E-state index contributed by atoms with van der Waals surface area (Å²) in [7, 11) is -0.935. The molecule has 0 unspecified atom stereocenters. The molecular formula is C20H21N4O2PS. The molecule has 6 nitrogen and oxygen atoms in total. The van der Waals surface area contributed by atoms with Crippen molar-refractivity contribution in [3.63, 3.8) is 0 Å². The second-order valence-corrected chi connectivity index (χ2v) is 10.9. The van der Waals surface area contributed by atoms with Crippen molar-refractivity contribution in [1.29, 1.82) is 0 Å². The molecule has 0 atom stereocenters. The molecule has 0 aliphatic rings. The lowest BCUT2D eigenvalue weighted by Gasteiger charge is -2.19. The number of nitrogens with one attached hydrogen (secondary N) is 1. The maximum absolute atomic E-state index is 13.4. The topological polar surface area (TPSA) is 77.0 Å². The van der Waals surface area contributed by atoms with Crippen LogP contribution in [-0.4, -0.2) is 34.4 Å². The maximum Gasteiger partial charge on any atom is 0.141 e. The highest BCUT2D eigenvalue weighted by atomic mass is 32.1. The first-order valence-corrected chi connectivity index (χ1v) is 12.1. The Hall–Kier alpha value is -2.50. The monoisotopic (exact) mass is 412 g/mol. The zero-order valence-corrected chi connectivity index (χ0v) is 17.7. The minimum Gasteiger partial charge on any atom is -0.496 e. The quantitative estimate of drug-likeness (QED) is 0.448. The van der Waals surface area contributed by atoms with Crippen molar-refractivity contribution in [2.75, 3.05) is 24.8 Å². The lowest BCUT2D eigenvalue weighted by Crippen LogP contribution is -2.13. The molecule has 2 heterocycles. The van der Waals surface area contributed by atoms with Crippen LogP contribution in [0.5, 0.6) is 5.75 Å². The van der Waals surface area contributed by atoms with E-state index in [0.29, 0.717) is 23.9 Å². The molecule has 28 heavy (non-hydrogen) atoms. The average Bonchev–Trinajstić information content (AvgIpc) is 3.20. The Morgan fingerprint density at radius 1 is 1.07 bits per heavy atom. The van der Waals surface area contributed by atoms with Gasteiger partial charge in [-0.2, -0.15) is 0 Å². The molecule has 0 saturated carbocycles. The highest BCUT2D eigenvalue weighted by Gasteiger charge is 2.25. The highest BCUT2D eigenvalue weighted by Crippen LogP contribution is 2.47. The first-order valence-electron chi connectivity index (χ1n) is 9.09. The van der Waals surface area contributed by atoms with Gasteiger partial charge in [0, 0.05) is 29.5 Å². The Morgan fingerprint density at radius 3 is 2.64 bits per heavy atom. The van der Waals surface area contributed by atoms with Crippen LogP contribution in [0.15, 0.2) is 42.2 Å². The number of methoxy groups -OCH3 is 1. The Bertz CT molecular complexity index is 1200. The van der Waals surface area contributed by atoms with Gasteiger partial charge in [0.05, 0.1) is 33.7 Å². The van der Waals surface area contributed by atoms with E-state index in [9.17, 15) is 4.57 Å². The predicted molar refractivity (Wildman–Crippen MR) is 117 cm³/mol. The zero-order chi connectivity index (χ0) is 19.7. The van der Waals surface area contributed by atoms with E-state index < -0.39 is 7.14 Å². The first kappa shape index (κ1) is 18.8. The molecular weight excluding hydrogens is 391 g/mol. The normalized spacial score (nSPS) is 11.8. The maximum atomic E-state index is 13.4. The summed E-state index contributed by atoms with van der Waals surface area (Å²) in [4.78, 5) is 13.2. The van der Waals surface area contributed by atoms with Gasteiger partial charge < -0.3 is 14.6 Å². The third-order valence-electron chi connectivity index (χ3n) is 4.99. The van der Waals surface area contributed by atoms with E-state index >= 15 is 0 Å². The lowest BCUT2D eigenvalue weighted by molar-refractivity contribution is 0.418. The molecule has 1 N–H and O–H groups in total. The molecule has 0 spiro atoms. The van der Waals surface area contributed by atoms with Crippen molar-refractivity contribution < 1.29 is 9.30 Å². The summed E-state index contributed by atoms with van der Waals surface area (Å²) >= 11 is 1.61. The largest absolute Gasteiger partial charge is 0.496 e. The van der Waals surface area contributed by atoms with E-state index in [2.05, 4.69) is 20.3 Å². The van der Waals surface area contributed by atoms with Crippen LogP contribution in [0.1, 0.15) is 13.8 Å². The fourth-order valence-corrected chi connectivity index (χ4v) is 6.00. The van der Waals surface area contributed by atoms with Gasteiger partial charge in [0.15, 0.2) is 0 Å². The summed E-state index contributed by atoms with van der Waals surface area (Å²) in [5, 5.41) is 4.93. The summed E-state index contributed by atoms with van der Waals surface area (Å²) in [5.74, 6) is 1.29. The smallest absolute Gasteiger partial charge is 0.141 e. The third kappa shape index (κ3) is 3.25. The SMILES string of the molecule is CCP(=O)(CC)c1cc2c(Nc3ccc4scnc4c3)ncnc2cc1OC. The second kappa shape index (κ2) is 7.49. The highest BCUT2D eigenvalue weighted by molar-refractivity contribution is 7.71. The van der Waals surface area contributed by atoms with E-state index in [4.69, 9.17) is 4.74 Å². The number of hydrogen-bond donors (Lipinski definition) is 1. The van der Waals surface area contributed by atoms with Gasteiger partial charge in [0.25, 0.3) is 0 Å². The number of hydrogen-bond acceptors (Lipinski definition) is 7. The van der Waals surface area contributed by atoms with Crippen molar-refractivity contribution >= 4 is 56.4 Å². The summed E-state index contributed by atoms with van der Waals surface area (Å²) in [6, 6.07) is 9.80. The average molecular weight is 412 g/mol. The third-order valence-corrected chi connectivity index (χ3v) is 9.07. The molecule has 144 valence electrons. The van der Waals surface area contributed by atoms with Crippen LogP contribution in [0.25, 0.3) is 21.1 Å². The van der Waals surface area contributed by atoms with Gasteiger partial charge in [-0.25, -0.2) is 15.0 Å². The predicted octanol–water partition coefficient (Wildman–Crippen LogP) is 5.02. The van der Waals surface area contributed by atoms with E-state index in [0.717, 1.165) is 32.1 Å². The van der Waals surface area contributed by atoms with Gasteiger partial charge in [-0.05, 0) is 24.3 Å². The van der Waals surface area contributed by atoms with E-state index in [1.807, 2.05) is 49.7 Å². The number of anilines is 2. The molecule has 0 amide bonds. The molecule has 0 aliphatic carbocycles. The van der Waals surface area contributed by atoms with Crippen molar-refractivity contribution in [2.24, 2.45) is 0 Å². The molecule has 0 saturated heterocycles. The molecule has 0 bridgehead atoms. The Labute approximate surface area is 167 Å². The van der Waals surface area contributed by atoms with Gasteiger partial charge >= 0.3 is 0 Å². The number of benzene rings is 2. The summed E-state index contributed by atoms with van der Waals surface area (Å²) in [6.45, 7) is 3.91. The van der Waals surface area contributed by atoms with E-state index in [-0.39, 0.29) is 0 Å². The Balaban J connectivity index is 1.85. The van der Waals surface area contributed by atoms with Crippen molar-refractivity contribution in [3.8, 4) is 5.75 Å². The van der Waals surface area contributed by atoms with Crippen LogP contribution in [0.3, 0.4) is 0 Å². The molecule has 2 aromatic carbocycles. The standard InChI is InChI=1S/C20H21N4O2PS/c1-4-27(25,5-2)18-9-14-15(10-17(18)26-3)21-11-22-20(14)24-13-6-7-19-16(8-13)23-12-28-19/h6-12H,4-5H2,1-3H3,(H,21,22,24). The van der Waals surface area contributed by atoms with Crippen LogP contribution >= 0.6 is 18.5 Å². The van der Waals surface area contributed by atoms with Gasteiger partial charge in [-0.15, -0.1) is 11.3 Å². The van der Waals surface area contributed by atoms with Gasteiger partial charge in [-0.1, -0.05) is 13.8 Å². The van der Waals surface area contributed by atoms with Gasteiger partial charge in [-0.3, -0.25) is 0 Å². The van der Waals surface area contributed by atoms with E-state index in [1.54, 1.807) is 18.4 Å². The molecule has 8 heteroatoms. The summed E-state index contributed by atoms with van der Waals surface area (Å²) < 4.78 is 20.1. The van der Waals surface area contributed by atoms with Crippen molar-refractivity contribution in [3.05, 3.63) is 42.2 Å². The number of rotatable bonds is 6. The van der Waals surface area contributed by atoms with Crippen molar-refractivity contribution in [2.45, 2.75) is 13.8 Å². The zero-order valence-electron chi connectivity index (χ0n) is 16.0. The van der Waals surface area contributed by atoms with Crippen LogP contribution in [-0.2, 0) is 4.57 Å². The number of fused-ring (bicyclic) bond motifs is 2. The lowest BCUT2D eigenvalue weighted by atomic mass is 10.2. The molecule has 0 radical (unpaired) electrons. The second-order valence-electron chi connectivity index (χ2n) is 6.45. The van der Waals surface area contributed by atoms with Gasteiger partial charge in [0.1, 0.15) is 25.0 Å². The molecule has 0 aliphatic heterocycles. The number of aromatic nitrogens is 3. The van der Waals surface area contributed by atoms with Crippen LogP contribution in [0.4, 0.5) is 11.5 Å². The van der Waals surface area contributed by atoms with E-state index in [1.165, 1.54) is 6.33 Å².